The van der Waals surface area contributed by atoms with Crippen LogP contribution in [0.15, 0.2) is 34.4 Å². The average Bonchev–Trinajstić information content (AvgIpc) is 3.28. The minimum atomic E-state index is -1.01. The monoisotopic (exact) mass is 387 g/mol. The number of thiophene rings is 1. The summed E-state index contributed by atoms with van der Waals surface area (Å²) in [5.41, 5.74) is 0.432. The van der Waals surface area contributed by atoms with Crippen LogP contribution < -0.4 is 10.3 Å². The van der Waals surface area contributed by atoms with Gasteiger partial charge >= 0.3 is 0 Å². The van der Waals surface area contributed by atoms with Crippen LogP contribution in [0.3, 0.4) is 0 Å². The highest BCUT2D eigenvalue weighted by atomic mass is 32.1. The van der Waals surface area contributed by atoms with Gasteiger partial charge in [-0.05, 0) is 37.6 Å². The normalized spacial score (nSPS) is 16.9. The van der Waals surface area contributed by atoms with E-state index in [0.717, 1.165) is 4.88 Å². The molecule has 0 spiro atoms. The molecule has 3 aromatic rings. The zero-order valence-electron chi connectivity index (χ0n) is 14.9. The molecule has 1 amide bonds. The summed E-state index contributed by atoms with van der Waals surface area (Å²) in [4.78, 5) is 28.3. The molecule has 140 valence electrons. The van der Waals surface area contributed by atoms with E-state index in [1.54, 1.807) is 36.8 Å². The predicted molar refractivity (Wildman–Crippen MR) is 102 cm³/mol. The van der Waals surface area contributed by atoms with Gasteiger partial charge in [0.25, 0.3) is 11.5 Å². The molecule has 1 saturated heterocycles. The van der Waals surface area contributed by atoms with Gasteiger partial charge in [0.1, 0.15) is 11.9 Å². The summed E-state index contributed by atoms with van der Waals surface area (Å²) in [5.74, 6) is 0.308. The molecule has 0 bridgehead atoms. The Bertz CT molecular complexity index is 1070. The van der Waals surface area contributed by atoms with Crippen LogP contribution in [0, 0.1) is 6.92 Å². The number of carbonyl (C=O) groups is 1. The van der Waals surface area contributed by atoms with E-state index in [1.165, 1.54) is 20.9 Å². The summed E-state index contributed by atoms with van der Waals surface area (Å²) in [6, 6.07) is 6.87. The quantitative estimate of drug-likeness (QED) is 0.693. The first-order valence-electron chi connectivity index (χ1n) is 8.58. The second kappa shape index (κ2) is 6.77. The molecule has 0 radical (unpaired) electrons. The highest BCUT2D eigenvalue weighted by Crippen LogP contribution is 2.27. The van der Waals surface area contributed by atoms with E-state index in [-0.39, 0.29) is 23.7 Å². The van der Waals surface area contributed by atoms with E-state index in [2.05, 4.69) is 5.10 Å². The Morgan fingerprint density at radius 2 is 2.07 bits per heavy atom. The Hall–Kier alpha value is -2.74. The van der Waals surface area contributed by atoms with E-state index in [1.807, 2.05) is 6.92 Å². The van der Waals surface area contributed by atoms with Gasteiger partial charge in [-0.25, -0.2) is 4.39 Å². The lowest BCUT2D eigenvalue weighted by molar-refractivity contribution is 0.0777. The van der Waals surface area contributed by atoms with Crippen molar-refractivity contribution in [3.8, 4) is 11.4 Å². The number of hydrogen-bond acceptors (Lipinski definition) is 5. The highest BCUT2D eigenvalue weighted by molar-refractivity contribution is 7.11. The molecule has 1 aromatic carbocycles. The van der Waals surface area contributed by atoms with Crippen LogP contribution in [0.4, 0.5) is 4.39 Å². The SMILES string of the molecule is COc1ccc(-n2nc(C(=O)N3CC[C@@H](F)C3)c3csc(C)c3c2=O)cc1. The minimum Gasteiger partial charge on any atom is -0.497 e. The van der Waals surface area contributed by atoms with Crippen LogP contribution in [0.1, 0.15) is 21.8 Å². The molecule has 0 unspecified atom stereocenters. The molecule has 1 atom stereocenters. The Balaban J connectivity index is 1.89. The fraction of sp³-hybridized carbons (Fsp3) is 0.316. The topological polar surface area (TPSA) is 64.4 Å². The number of alkyl halides is 1. The average molecular weight is 387 g/mol. The second-order valence-corrected chi connectivity index (χ2v) is 7.57. The molecule has 1 aliphatic rings. The molecule has 1 fully saturated rings. The molecule has 4 rings (SSSR count). The smallest absolute Gasteiger partial charge is 0.280 e. The molecular formula is C19H18FN3O3S. The number of halogens is 1. The molecule has 1 aliphatic heterocycles. The largest absolute Gasteiger partial charge is 0.497 e. The summed E-state index contributed by atoms with van der Waals surface area (Å²) < 4.78 is 20.0. The van der Waals surface area contributed by atoms with Gasteiger partial charge in [0, 0.05) is 22.2 Å². The maximum Gasteiger partial charge on any atom is 0.280 e. The zero-order chi connectivity index (χ0) is 19.1. The lowest BCUT2D eigenvalue weighted by Gasteiger charge is -2.16. The fourth-order valence-electron chi connectivity index (χ4n) is 3.31. The van der Waals surface area contributed by atoms with Crippen molar-refractivity contribution in [2.75, 3.05) is 20.2 Å². The molecule has 2 aromatic heterocycles. The van der Waals surface area contributed by atoms with Crippen LogP contribution >= 0.6 is 11.3 Å². The van der Waals surface area contributed by atoms with Gasteiger partial charge < -0.3 is 9.64 Å². The van der Waals surface area contributed by atoms with Crippen molar-refractivity contribution in [3.63, 3.8) is 0 Å². The lowest BCUT2D eigenvalue weighted by Crippen LogP contribution is -2.32. The highest BCUT2D eigenvalue weighted by Gasteiger charge is 2.30. The Kier molecular flexibility index (Phi) is 4.43. The standard InChI is InChI=1S/C19H18FN3O3S/c1-11-16-15(10-27-11)17(19(25)22-8-7-12(20)9-22)21-23(18(16)24)13-3-5-14(26-2)6-4-13/h3-6,10,12H,7-9H2,1-2H3/t12-/m1/s1. The maximum atomic E-state index is 13.6. The number of rotatable bonds is 3. The van der Waals surface area contributed by atoms with Crippen LogP contribution in [0.2, 0.25) is 0 Å². The first kappa shape index (κ1) is 17.7. The van der Waals surface area contributed by atoms with E-state index in [0.29, 0.717) is 35.2 Å². The Labute approximate surface area is 158 Å². The van der Waals surface area contributed by atoms with E-state index >= 15 is 0 Å². The summed E-state index contributed by atoms with van der Waals surface area (Å²) in [5, 5.41) is 7.14. The number of aromatic nitrogens is 2. The van der Waals surface area contributed by atoms with Gasteiger partial charge in [0.2, 0.25) is 0 Å². The van der Waals surface area contributed by atoms with E-state index in [4.69, 9.17) is 4.74 Å². The number of likely N-dealkylation sites (tertiary alicyclic amines) is 1. The van der Waals surface area contributed by atoms with Gasteiger partial charge in [0.15, 0.2) is 5.69 Å². The Morgan fingerprint density at radius 3 is 2.70 bits per heavy atom. The predicted octanol–water partition coefficient (Wildman–Crippen LogP) is 2.95. The van der Waals surface area contributed by atoms with Gasteiger partial charge in [-0.3, -0.25) is 9.59 Å². The maximum absolute atomic E-state index is 13.6. The van der Waals surface area contributed by atoms with Crippen molar-refractivity contribution in [3.05, 3.63) is 50.6 Å². The summed E-state index contributed by atoms with van der Waals surface area (Å²) >= 11 is 1.40. The summed E-state index contributed by atoms with van der Waals surface area (Å²) in [7, 11) is 1.56. The molecule has 6 nitrogen and oxygen atoms in total. The third kappa shape index (κ3) is 2.99. The van der Waals surface area contributed by atoms with Gasteiger partial charge in [0.05, 0.1) is 24.7 Å². The minimum absolute atomic E-state index is 0.0623. The fourth-order valence-corrected chi connectivity index (χ4v) is 4.15. The third-order valence-corrected chi connectivity index (χ3v) is 5.69. The number of carbonyl (C=O) groups excluding carboxylic acids is 1. The summed E-state index contributed by atoms with van der Waals surface area (Å²) in [6.45, 7) is 2.26. The number of ether oxygens (including phenoxy) is 1. The first-order chi connectivity index (χ1) is 13.0. The number of benzene rings is 1. The molecule has 3 heterocycles. The van der Waals surface area contributed by atoms with Crippen molar-refractivity contribution < 1.29 is 13.9 Å². The van der Waals surface area contributed by atoms with E-state index in [9.17, 15) is 14.0 Å². The van der Waals surface area contributed by atoms with Crippen molar-refractivity contribution >= 4 is 28.0 Å². The third-order valence-electron chi connectivity index (χ3n) is 4.77. The van der Waals surface area contributed by atoms with Gasteiger partial charge in [-0.15, -0.1) is 11.3 Å². The number of amides is 1. The van der Waals surface area contributed by atoms with Crippen molar-refractivity contribution in [2.45, 2.75) is 19.5 Å². The van der Waals surface area contributed by atoms with E-state index < -0.39 is 6.17 Å². The number of hydrogen-bond donors (Lipinski definition) is 0. The first-order valence-corrected chi connectivity index (χ1v) is 9.46. The zero-order valence-corrected chi connectivity index (χ0v) is 15.8. The van der Waals surface area contributed by atoms with Crippen LogP contribution in [-0.2, 0) is 0 Å². The number of nitrogens with zero attached hydrogens (tertiary/aromatic N) is 3. The molecular weight excluding hydrogens is 369 g/mol. The second-order valence-electron chi connectivity index (χ2n) is 6.48. The molecule has 0 N–H and O–H groups in total. The summed E-state index contributed by atoms with van der Waals surface area (Å²) in [6.07, 6.45) is -0.684. The molecule has 27 heavy (non-hydrogen) atoms. The molecule has 0 saturated carbocycles. The molecule has 8 heteroatoms. The number of fused-ring (bicyclic) bond motifs is 1. The number of aryl methyl sites for hydroxylation is 1. The van der Waals surface area contributed by atoms with Gasteiger partial charge in [-0.2, -0.15) is 9.78 Å². The van der Waals surface area contributed by atoms with Gasteiger partial charge in [-0.1, -0.05) is 0 Å². The number of methoxy groups -OCH3 is 1. The van der Waals surface area contributed by atoms with Crippen molar-refractivity contribution in [1.82, 2.24) is 14.7 Å². The van der Waals surface area contributed by atoms with Crippen LogP contribution in [0.25, 0.3) is 16.5 Å². The van der Waals surface area contributed by atoms with Crippen LogP contribution in [-0.4, -0.2) is 47.0 Å². The van der Waals surface area contributed by atoms with Crippen LogP contribution in [0.5, 0.6) is 5.75 Å². The molecule has 0 aliphatic carbocycles. The van der Waals surface area contributed by atoms with Crippen molar-refractivity contribution in [2.24, 2.45) is 0 Å². The lowest BCUT2D eigenvalue weighted by atomic mass is 10.2. The van der Waals surface area contributed by atoms with Crippen molar-refractivity contribution in [1.29, 1.82) is 0 Å². The Morgan fingerprint density at radius 1 is 1.33 bits per heavy atom.